The number of sulfonamides is 1. The fourth-order valence-electron chi connectivity index (χ4n) is 2.75. The first-order valence-corrected chi connectivity index (χ1v) is 10.5. The van der Waals surface area contributed by atoms with E-state index >= 15 is 0 Å². The van der Waals surface area contributed by atoms with Crippen LogP contribution in [0.1, 0.15) is 16.7 Å². The first-order valence-electron chi connectivity index (χ1n) is 8.68. The number of nitrogens with one attached hydrogen (secondary N) is 1. The van der Waals surface area contributed by atoms with E-state index in [-0.39, 0.29) is 13.1 Å². The lowest BCUT2D eigenvalue weighted by molar-refractivity contribution is -0.119. The molecule has 152 valence electrons. The van der Waals surface area contributed by atoms with Crippen molar-refractivity contribution in [1.29, 1.82) is 0 Å². The average molecular weight is 407 g/mol. The molecule has 28 heavy (non-hydrogen) atoms. The first kappa shape index (κ1) is 21.6. The molecule has 1 amide bonds. The van der Waals surface area contributed by atoms with Crippen LogP contribution in [-0.4, -0.2) is 41.3 Å². The summed E-state index contributed by atoms with van der Waals surface area (Å²) >= 11 is 0. The fourth-order valence-corrected chi connectivity index (χ4v) is 3.65. The number of rotatable bonds is 8. The van der Waals surface area contributed by atoms with Crippen molar-refractivity contribution in [1.82, 2.24) is 5.32 Å². The van der Waals surface area contributed by atoms with Crippen LogP contribution in [0.15, 0.2) is 36.4 Å². The first-order chi connectivity index (χ1) is 13.2. The van der Waals surface area contributed by atoms with Crippen molar-refractivity contribution in [3.8, 4) is 11.5 Å². The third-order valence-electron chi connectivity index (χ3n) is 4.26. The summed E-state index contributed by atoms with van der Waals surface area (Å²) < 4.78 is 36.1. The van der Waals surface area contributed by atoms with Crippen LogP contribution in [0, 0.1) is 13.8 Å². The molecule has 0 aromatic heterocycles. The zero-order valence-electron chi connectivity index (χ0n) is 16.8. The Bertz CT molecular complexity index is 957. The highest BCUT2D eigenvalue weighted by atomic mass is 32.2. The number of nitrogens with zero attached hydrogens (tertiary/aromatic N) is 1. The maximum absolute atomic E-state index is 12.4. The molecule has 8 heteroatoms. The Balaban J connectivity index is 2.14. The number of amides is 1. The average Bonchev–Trinajstić information content (AvgIpc) is 2.65. The van der Waals surface area contributed by atoms with E-state index in [1.54, 1.807) is 31.4 Å². The lowest BCUT2D eigenvalue weighted by Gasteiger charge is -2.24. The van der Waals surface area contributed by atoms with Crippen LogP contribution < -0.4 is 19.1 Å². The van der Waals surface area contributed by atoms with Gasteiger partial charge in [0.05, 0.1) is 26.2 Å². The maximum Gasteiger partial charge on any atom is 0.241 e. The SMILES string of the molecule is COc1ccc(CNC(=O)CN(c2cc(C)ccc2C)S(C)(=O)=O)cc1OC. The normalized spacial score (nSPS) is 11.0. The number of carbonyl (C=O) groups is 1. The van der Waals surface area contributed by atoms with Crippen LogP contribution in [-0.2, 0) is 21.4 Å². The molecular weight excluding hydrogens is 380 g/mol. The summed E-state index contributed by atoms with van der Waals surface area (Å²) in [5.74, 6) is 0.749. The molecule has 0 fully saturated rings. The summed E-state index contributed by atoms with van der Waals surface area (Å²) in [6.07, 6.45) is 1.09. The zero-order chi connectivity index (χ0) is 20.9. The van der Waals surface area contributed by atoms with Gasteiger partial charge in [0, 0.05) is 6.54 Å². The molecule has 1 N–H and O–H groups in total. The molecule has 2 aromatic rings. The number of benzene rings is 2. The van der Waals surface area contributed by atoms with Crippen molar-refractivity contribution in [2.45, 2.75) is 20.4 Å². The van der Waals surface area contributed by atoms with Gasteiger partial charge in [0.25, 0.3) is 0 Å². The summed E-state index contributed by atoms with van der Waals surface area (Å²) in [5, 5.41) is 2.75. The lowest BCUT2D eigenvalue weighted by Crippen LogP contribution is -2.40. The van der Waals surface area contributed by atoms with Gasteiger partial charge in [-0.15, -0.1) is 0 Å². The van der Waals surface area contributed by atoms with Gasteiger partial charge in [-0.05, 0) is 48.7 Å². The van der Waals surface area contributed by atoms with Gasteiger partial charge in [0.15, 0.2) is 11.5 Å². The standard InChI is InChI=1S/C20H26N2O5S/c1-14-6-7-15(2)17(10-14)22(28(5,24)25)13-20(23)21-12-16-8-9-18(26-3)19(11-16)27-4/h6-11H,12-13H2,1-5H3,(H,21,23). The smallest absolute Gasteiger partial charge is 0.241 e. The van der Waals surface area contributed by atoms with Crippen molar-refractivity contribution < 1.29 is 22.7 Å². The van der Waals surface area contributed by atoms with Crippen LogP contribution >= 0.6 is 0 Å². The van der Waals surface area contributed by atoms with Gasteiger partial charge >= 0.3 is 0 Å². The van der Waals surface area contributed by atoms with Gasteiger partial charge in [-0.3, -0.25) is 9.10 Å². The predicted molar refractivity (Wildman–Crippen MR) is 109 cm³/mol. The van der Waals surface area contributed by atoms with Gasteiger partial charge in [-0.1, -0.05) is 18.2 Å². The number of anilines is 1. The number of methoxy groups -OCH3 is 2. The van der Waals surface area contributed by atoms with Crippen molar-refractivity contribution >= 4 is 21.6 Å². The summed E-state index contributed by atoms with van der Waals surface area (Å²) in [5.41, 5.74) is 3.01. The molecule has 0 heterocycles. The van der Waals surface area contributed by atoms with E-state index in [2.05, 4.69) is 5.32 Å². The van der Waals surface area contributed by atoms with E-state index in [4.69, 9.17) is 9.47 Å². The Morgan fingerprint density at radius 3 is 2.32 bits per heavy atom. The molecule has 0 saturated carbocycles. The third-order valence-corrected chi connectivity index (χ3v) is 5.38. The zero-order valence-corrected chi connectivity index (χ0v) is 17.6. The van der Waals surface area contributed by atoms with Crippen LogP contribution in [0.4, 0.5) is 5.69 Å². The molecule has 0 bridgehead atoms. The highest BCUT2D eigenvalue weighted by Crippen LogP contribution is 2.27. The molecule has 0 saturated heterocycles. The van der Waals surface area contributed by atoms with E-state index < -0.39 is 15.9 Å². The van der Waals surface area contributed by atoms with E-state index in [9.17, 15) is 13.2 Å². The van der Waals surface area contributed by atoms with E-state index in [0.717, 1.165) is 27.3 Å². The molecule has 0 radical (unpaired) electrons. The number of aryl methyl sites for hydroxylation is 2. The summed E-state index contributed by atoms with van der Waals surface area (Å²) in [4.78, 5) is 12.4. The van der Waals surface area contributed by atoms with Crippen LogP contribution in [0.3, 0.4) is 0 Å². The molecular formula is C20H26N2O5S. The quantitative estimate of drug-likeness (QED) is 0.728. The number of carbonyl (C=O) groups excluding carboxylic acids is 1. The van der Waals surface area contributed by atoms with Gasteiger partial charge in [-0.25, -0.2) is 8.42 Å². The van der Waals surface area contributed by atoms with Crippen molar-refractivity contribution in [3.05, 3.63) is 53.1 Å². The minimum absolute atomic E-state index is 0.240. The van der Waals surface area contributed by atoms with E-state index in [0.29, 0.717) is 17.2 Å². The van der Waals surface area contributed by atoms with Gasteiger partial charge in [-0.2, -0.15) is 0 Å². The fraction of sp³-hybridized carbons (Fsp3) is 0.350. The van der Waals surface area contributed by atoms with Crippen molar-refractivity contribution in [2.24, 2.45) is 0 Å². The Labute approximate surface area is 166 Å². The molecule has 7 nitrogen and oxygen atoms in total. The topological polar surface area (TPSA) is 84.9 Å². The van der Waals surface area contributed by atoms with Gasteiger partial charge in [0.1, 0.15) is 6.54 Å². The number of hydrogen-bond acceptors (Lipinski definition) is 5. The Kier molecular flexibility index (Phi) is 6.90. The second kappa shape index (κ2) is 8.97. The molecule has 2 aromatic carbocycles. The maximum atomic E-state index is 12.4. The number of hydrogen-bond donors (Lipinski definition) is 1. The van der Waals surface area contributed by atoms with Crippen molar-refractivity contribution in [2.75, 3.05) is 31.3 Å². The van der Waals surface area contributed by atoms with Gasteiger partial charge in [0.2, 0.25) is 15.9 Å². The van der Waals surface area contributed by atoms with Crippen LogP contribution in [0.25, 0.3) is 0 Å². The van der Waals surface area contributed by atoms with Crippen LogP contribution in [0.2, 0.25) is 0 Å². The predicted octanol–water partition coefficient (Wildman–Crippen LogP) is 2.40. The lowest BCUT2D eigenvalue weighted by atomic mass is 10.1. The molecule has 2 rings (SSSR count). The Hall–Kier alpha value is -2.74. The monoisotopic (exact) mass is 406 g/mol. The molecule has 0 unspecified atom stereocenters. The molecule has 0 aliphatic heterocycles. The summed E-state index contributed by atoms with van der Waals surface area (Å²) in [7, 11) is -0.535. The molecule has 0 atom stereocenters. The third kappa shape index (κ3) is 5.39. The summed E-state index contributed by atoms with van der Waals surface area (Å²) in [6.45, 7) is 3.63. The highest BCUT2D eigenvalue weighted by Gasteiger charge is 2.22. The number of ether oxygens (including phenoxy) is 2. The highest BCUT2D eigenvalue weighted by molar-refractivity contribution is 7.92. The van der Waals surface area contributed by atoms with E-state index in [1.807, 2.05) is 26.0 Å². The van der Waals surface area contributed by atoms with Crippen LogP contribution in [0.5, 0.6) is 11.5 Å². The molecule has 0 aliphatic carbocycles. The largest absolute Gasteiger partial charge is 0.493 e. The van der Waals surface area contributed by atoms with Gasteiger partial charge < -0.3 is 14.8 Å². The second-order valence-electron chi connectivity index (χ2n) is 6.53. The Morgan fingerprint density at radius 1 is 1.04 bits per heavy atom. The minimum Gasteiger partial charge on any atom is -0.493 e. The minimum atomic E-state index is -3.62. The Morgan fingerprint density at radius 2 is 1.71 bits per heavy atom. The molecule has 0 spiro atoms. The second-order valence-corrected chi connectivity index (χ2v) is 8.43. The molecule has 0 aliphatic rings. The van der Waals surface area contributed by atoms with E-state index in [1.165, 1.54) is 7.11 Å². The summed E-state index contributed by atoms with van der Waals surface area (Å²) in [6, 6.07) is 10.8. The van der Waals surface area contributed by atoms with Crippen molar-refractivity contribution in [3.63, 3.8) is 0 Å².